The predicted molar refractivity (Wildman–Crippen MR) is 62.9 cm³/mol. The molecule has 0 amide bonds. The Morgan fingerprint density at radius 2 is 2.06 bits per heavy atom. The second kappa shape index (κ2) is 5.67. The number of carbonyl (C=O) groups is 1. The monoisotopic (exact) mass is 228 g/mol. The maximum absolute atomic E-state index is 11.7. The SMILES string of the molecule is CC(C)(C)C1CCCC(C(=O)OCCO)C1. The fraction of sp³-hybridized carbons (Fsp3) is 0.923. The zero-order chi connectivity index (χ0) is 12.2. The van der Waals surface area contributed by atoms with Gasteiger partial charge in [-0.1, -0.05) is 27.2 Å². The number of ether oxygens (including phenoxy) is 1. The molecule has 2 unspecified atom stereocenters. The van der Waals surface area contributed by atoms with Crippen molar-refractivity contribution in [3.8, 4) is 0 Å². The second-order valence-corrected chi connectivity index (χ2v) is 5.82. The molecular weight excluding hydrogens is 204 g/mol. The van der Waals surface area contributed by atoms with E-state index in [0.29, 0.717) is 5.92 Å². The molecular formula is C13H24O3. The van der Waals surface area contributed by atoms with Crippen molar-refractivity contribution < 1.29 is 14.6 Å². The van der Waals surface area contributed by atoms with Crippen molar-refractivity contribution in [2.24, 2.45) is 17.3 Å². The average Bonchev–Trinajstić information content (AvgIpc) is 2.25. The molecule has 0 radical (unpaired) electrons. The Bertz CT molecular complexity index is 230. The zero-order valence-corrected chi connectivity index (χ0v) is 10.7. The highest BCUT2D eigenvalue weighted by Gasteiger charge is 2.34. The number of aliphatic hydroxyl groups excluding tert-OH is 1. The number of esters is 1. The molecule has 16 heavy (non-hydrogen) atoms. The van der Waals surface area contributed by atoms with Gasteiger partial charge in [0.15, 0.2) is 0 Å². The maximum Gasteiger partial charge on any atom is 0.309 e. The van der Waals surface area contributed by atoms with Gasteiger partial charge in [-0.05, 0) is 30.6 Å². The minimum Gasteiger partial charge on any atom is -0.463 e. The van der Waals surface area contributed by atoms with E-state index in [-0.39, 0.29) is 30.5 Å². The number of aliphatic hydroxyl groups is 1. The highest BCUT2D eigenvalue weighted by Crippen LogP contribution is 2.40. The van der Waals surface area contributed by atoms with Crippen LogP contribution in [-0.2, 0) is 9.53 Å². The van der Waals surface area contributed by atoms with Gasteiger partial charge in [0.1, 0.15) is 6.61 Å². The van der Waals surface area contributed by atoms with Crippen LogP contribution in [0.1, 0.15) is 46.5 Å². The Morgan fingerprint density at radius 3 is 2.62 bits per heavy atom. The van der Waals surface area contributed by atoms with E-state index >= 15 is 0 Å². The van der Waals surface area contributed by atoms with Crippen LogP contribution in [0.2, 0.25) is 0 Å². The number of rotatable bonds is 3. The molecule has 1 saturated carbocycles. The van der Waals surface area contributed by atoms with Crippen molar-refractivity contribution in [2.75, 3.05) is 13.2 Å². The lowest BCUT2D eigenvalue weighted by molar-refractivity contribution is -0.151. The van der Waals surface area contributed by atoms with E-state index in [1.165, 1.54) is 6.42 Å². The number of hydrogen-bond donors (Lipinski definition) is 1. The predicted octanol–water partition coefficient (Wildman–Crippen LogP) is 2.37. The molecule has 0 spiro atoms. The van der Waals surface area contributed by atoms with Crippen LogP contribution in [0.15, 0.2) is 0 Å². The molecule has 94 valence electrons. The summed E-state index contributed by atoms with van der Waals surface area (Å²) in [6.07, 6.45) is 4.21. The van der Waals surface area contributed by atoms with Crippen molar-refractivity contribution in [2.45, 2.75) is 46.5 Å². The molecule has 0 saturated heterocycles. The summed E-state index contributed by atoms with van der Waals surface area (Å²) >= 11 is 0. The third-order valence-electron chi connectivity index (χ3n) is 3.57. The van der Waals surface area contributed by atoms with Gasteiger partial charge in [-0.2, -0.15) is 0 Å². The third kappa shape index (κ3) is 3.78. The summed E-state index contributed by atoms with van der Waals surface area (Å²) in [5.41, 5.74) is 0.274. The minimum absolute atomic E-state index is 0.0459. The van der Waals surface area contributed by atoms with Crippen LogP contribution in [0.25, 0.3) is 0 Å². The molecule has 0 aromatic heterocycles. The van der Waals surface area contributed by atoms with Gasteiger partial charge >= 0.3 is 5.97 Å². The lowest BCUT2D eigenvalue weighted by Gasteiger charge is -2.36. The van der Waals surface area contributed by atoms with E-state index in [2.05, 4.69) is 20.8 Å². The molecule has 1 N–H and O–H groups in total. The molecule has 0 aliphatic heterocycles. The lowest BCUT2D eigenvalue weighted by atomic mass is 9.69. The van der Waals surface area contributed by atoms with Crippen molar-refractivity contribution in [3.63, 3.8) is 0 Å². The average molecular weight is 228 g/mol. The summed E-state index contributed by atoms with van der Waals surface area (Å²) in [5.74, 6) is 0.528. The normalized spacial score (nSPS) is 26.5. The summed E-state index contributed by atoms with van der Waals surface area (Å²) < 4.78 is 5.00. The van der Waals surface area contributed by atoms with Crippen molar-refractivity contribution in [1.29, 1.82) is 0 Å². The Hall–Kier alpha value is -0.570. The van der Waals surface area contributed by atoms with Gasteiger partial charge in [0.2, 0.25) is 0 Å². The van der Waals surface area contributed by atoms with Crippen LogP contribution in [-0.4, -0.2) is 24.3 Å². The lowest BCUT2D eigenvalue weighted by Crippen LogP contribution is -2.31. The Kier molecular flexibility index (Phi) is 4.78. The largest absolute Gasteiger partial charge is 0.463 e. The Labute approximate surface area is 98.2 Å². The molecule has 1 rings (SSSR count). The van der Waals surface area contributed by atoms with Crippen LogP contribution in [0.4, 0.5) is 0 Å². The third-order valence-corrected chi connectivity index (χ3v) is 3.57. The van der Waals surface area contributed by atoms with Crippen LogP contribution < -0.4 is 0 Å². The van der Waals surface area contributed by atoms with Crippen molar-refractivity contribution in [3.05, 3.63) is 0 Å². The van der Waals surface area contributed by atoms with Gasteiger partial charge in [-0.3, -0.25) is 4.79 Å². The van der Waals surface area contributed by atoms with E-state index in [4.69, 9.17) is 9.84 Å². The number of carbonyl (C=O) groups excluding carboxylic acids is 1. The summed E-state index contributed by atoms with van der Waals surface area (Å²) in [6, 6.07) is 0. The molecule has 2 atom stereocenters. The molecule has 0 heterocycles. The highest BCUT2D eigenvalue weighted by atomic mass is 16.5. The molecule has 0 aromatic carbocycles. The first-order valence-corrected chi connectivity index (χ1v) is 6.22. The Balaban J connectivity index is 2.47. The zero-order valence-electron chi connectivity index (χ0n) is 10.7. The van der Waals surface area contributed by atoms with Gasteiger partial charge in [0, 0.05) is 0 Å². The van der Waals surface area contributed by atoms with Gasteiger partial charge < -0.3 is 9.84 Å². The van der Waals surface area contributed by atoms with Crippen LogP contribution in [0.5, 0.6) is 0 Å². The second-order valence-electron chi connectivity index (χ2n) is 5.82. The molecule has 3 heteroatoms. The summed E-state index contributed by atoms with van der Waals surface area (Å²) in [6.45, 7) is 6.76. The van der Waals surface area contributed by atoms with Crippen LogP contribution in [0, 0.1) is 17.3 Å². The summed E-state index contributed by atoms with van der Waals surface area (Å²) in [4.78, 5) is 11.7. The highest BCUT2D eigenvalue weighted by molar-refractivity contribution is 5.72. The molecule has 3 nitrogen and oxygen atoms in total. The van der Waals surface area contributed by atoms with E-state index in [1.807, 2.05) is 0 Å². The minimum atomic E-state index is -0.122. The smallest absolute Gasteiger partial charge is 0.309 e. The summed E-state index contributed by atoms with van der Waals surface area (Å²) in [7, 11) is 0. The first kappa shape index (κ1) is 13.5. The first-order valence-electron chi connectivity index (χ1n) is 6.22. The van der Waals surface area contributed by atoms with Crippen LogP contribution in [0.3, 0.4) is 0 Å². The number of hydrogen-bond acceptors (Lipinski definition) is 3. The van der Waals surface area contributed by atoms with E-state index in [9.17, 15) is 4.79 Å². The van der Waals surface area contributed by atoms with Crippen LogP contribution >= 0.6 is 0 Å². The van der Waals surface area contributed by atoms with E-state index < -0.39 is 0 Å². The molecule has 1 fully saturated rings. The van der Waals surface area contributed by atoms with E-state index in [0.717, 1.165) is 19.3 Å². The maximum atomic E-state index is 11.7. The van der Waals surface area contributed by atoms with E-state index in [1.54, 1.807) is 0 Å². The molecule has 1 aliphatic carbocycles. The Morgan fingerprint density at radius 1 is 1.38 bits per heavy atom. The van der Waals surface area contributed by atoms with Gasteiger partial charge in [0.25, 0.3) is 0 Å². The fourth-order valence-corrected chi connectivity index (χ4v) is 2.45. The molecule has 1 aliphatic rings. The summed E-state index contributed by atoms with van der Waals surface area (Å²) in [5, 5.41) is 8.62. The standard InChI is InChI=1S/C13H24O3/c1-13(2,3)11-6-4-5-10(9-11)12(15)16-8-7-14/h10-11,14H,4-9H2,1-3H3. The van der Waals surface area contributed by atoms with Gasteiger partial charge in [-0.25, -0.2) is 0 Å². The van der Waals surface area contributed by atoms with Gasteiger partial charge in [-0.15, -0.1) is 0 Å². The van der Waals surface area contributed by atoms with Crippen molar-refractivity contribution >= 4 is 5.97 Å². The fourth-order valence-electron chi connectivity index (χ4n) is 2.45. The molecule has 0 bridgehead atoms. The first-order chi connectivity index (χ1) is 7.45. The molecule has 0 aromatic rings. The van der Waals surface area contributed by atoms with Crippen molar-refractivity contribution in [1.82, 2.24) is 0 Å². The topological polar surface area (TPSA) is 46.5 Å². The quantitative estimate of drug-likeness (QED) is 0.754. The van der Waals surface area contributed by atoms with Gasteiger partial charge in [0.05, 0.1) is 12.5 Å².